The van der Waals surface area contributed by atoms with E-state index in [1.165, 1.54) is 11.4 Å². The Balaban J connectivity index is 1.35. The van der Waals surface area contributed by atoms with Crippen molar-refractivity contribution in [2.75, 3.05) is 44.3 Å². The van der Waals surface area contributed by atoms with Gasteiger partial charge in [-0.2, -0.15) is 5.10 Å². The Bertz CT molecular complexity index is 1020. The molecule has 4 aliphatic rings. The van der Waals surface area contributed by atoms with Crippen molar-refractivity contribution in [3.05, 3.63) is 47.3 Å². The smallest absolute Gasteiger partial charge is 0.255 e. The number of carbonyl (C=O) groups is 2. The van der Waals surface area contributed by atoms with Gasteiger partial charge in [-0.15, -0.1) is 0 Å². The maximum absolute atomic E-state index is 12.9. The molecule has 1 unspecified atom stereocenters. The van der Waals surface area contributed by atoms with E-state index in [1.54, 1.807) is 6.20 Å². The molecular weight excluding hydrogens is 418 g/mol. The van der Waals surface area contributed by atoms with Crippen LogP contribution in [0.2, 0.25) is 0 Å². The van der Waals surface area contributed by atoms with E-state index in [0.29, 0.717) is 25.3 Å². The number of aryl methyl sites for hydroxylation is 1. The van der Waals surface area contributed by atoms with Crippen molar-refractivity contribution in [3.63, 3.8) is 0 Å². The molecule has 2 amide bonds. The summed E-state index contributed by atoms with van der Waals surface area (Å²) in [6.45, 7) is 6.02. The molecule has 1 aromatic heterocycles. The lowest BCUT2D eigenvalue weighted by molar-refractivity contribution is -0.131. The zero-order chi connectivity index (χ0) is 22.8. The molecule has 1 atom stereocenters. The first kappa shape index (κ1) is 21.8. The molecular formula is C25H31N5O3. The van der Waals surface area contributed by atoms with Crippen LogP contribution in [0.15, 0.2) is 41.3 Å². The standard InChI is InChI=1S/C25H31N5O3/c1-2-33-14-13-30-25(32)21-9-8-20(16-22(21)27-30)29-12-6-7-18-15-19(17-26-23(18)29)24(31)28-10-4-3-5-11-28/h8-9,15-17,21H,2-7,10-14H2,1H3. The van der Waals surface area contributed by atoms with Crippen molar-refractivity contribution < 1.29 is 14.3 Å². The first-order chi connectivity index (χ1) is 16.2. The van der Waals surface area contributed by atoms with Crippen LogP contribution >= 0.6 is 0 Å². The molecule has 0 N–H and O–H groups in total. The topological polar surface area (TPSA) is 78.3 Å². The van der Waals surface area contributed by atoms with Gasteiger partial charge in [-0.1, -0.05) is 6.08 Å². The predicted octanol–water partition coefficient (Wildman–Crippen LogP) is 2.76. The average Bonchev–Trinajstić information content (AvgIpc) is 3.18. The van der Waals surface area contributed by atoms with Crippen LogP contribution in [0.4, 0.5) is 5.82 Å². The maximum atomic E-state index is 12.9. The predicted molar refractivity (Wildman–Crippen MR) is 126 cm³/mol. The van der Waals surface area contributed by atoms with E-state index >= 15 is 0 Å². The number of piperidine rings is 1. The molecule has 5 rings (SSSR count). The van der Waals surface area contributed by atoms with E-state index in [1.807, 2.05) is 36.1 Å². The number of hydrogen-bond acceptors (Lipinski definition) is 6. The van der Waals surface area contributed by atoms with Crippen LogP contribution in [-0.4, -0.2) is 71.8 Å². The fourth-order valence-electron chi connectivity index (χ4n) is 4.97. The molecule has 8 heteroatoms. The Morgan fingerprint density at radius 2 is 2.03 bits per heavy atom. The fraction of sp³-hybridized carbons (Fsp3) is 0.520. The van der Waals surface area contributed by atoms with E-state index in [2.05, 4.69) is 10.0 Å². The third-order valence-electron chi connectivity index (χ3n) is 6.71. The molecule has 0 radical (unpaired) electrons. The van der Waals surface area contributed by atoms with Gasteiger partial charge in [-0.05, 0) is 62.8 Å². The zero-order valence-corrected chi connectivity index (χ0v) is 19.2. The lowest BCUT2D eigenvalue weighted by Crippen LogP contribution is -2.36. The molecule has 4 heterocycles. The van der Waals surface area contributed by atoms with E-state index < -0.39 is 0 Å². The molecule has 0 saturated carbocycles. The van der Waals surface area contributed by atoms with E-state index in [0.717, 1.165) is 68.1 Å². The summed E-state index contributed by atoms with van der Waals surface area (Å²) in [4.78, 5) is 34.5. The van der Waals surface area contributed by atoms with Gasteiger partial charge in [0, 0.05) is 38.1 Å². The van der Waals surface area contributed by atoms with Crippen molar-refractivity contribution in [1.82, 2.24) is 14.9 Å². The normalized spacial score (nSPS) is 22.2. The van der Waals surface area contributed by atoms with E-state index in [4.69, 9.17) is 9.72 Å². The summed E-state index contributed by atoms with van der Waals surface area (Å²) in [6.07, 6.45) is 12.9. The molecule has 1 fully saturated rings. The number of pyridine rings is 1. The van der Waals surface area contributed by atoms with Gasteiger partial charge >= 0.3 is 0 Å². The van der Waals surface area contributed by atoms with E-state index in [-0.39, 0.29) is 17.7 Å². The number of carbonyl (C=O) groups excluding carboxylic acids is 2. The molecule has 1 aliphatic carbocycles. The number of amides is 2. The van der Waals surface area contributed by atoms with Crippen LogP contribution in [0.25, 0.3) is 0 Å². The molecule has 3 aliphatic heterocycles. The summed E-state index contributed by atoms with van der Waals surface area (Å²) in [5, 5.41) is 6.06. The highest BCUT2D eigenvalue weighted by Gasteiger charge is 2.35. The van der Waals surface area contributed by atoms with Gasteiger partial charge in [-0.3, -0.25) is 9.59 Å². The number of hydrogen-bond donors (Lipinski definition) is 0. The highest BCUT2D eigenvalue weighted by molar-refractivity contribution is 6.16. The van der Waals surface area contributed by atoms with Crippen molar-refractivity contribution in [2.24, 2.45) is 11.0 Å². The summed E-state index contributed by atoms with van der Waals surface area (Å²) in [7, 11) is 0. The highest BCUT2D eigenvalue weighted by Crippen LogP contribution is 2.32. The minimum absolute atomic E-state index is 0.00529. The minimum Gasteiger partial charge on any atom is -0.380 e. The third kappa shape index (κ3) is 4.31. The Labute approximate surface area is 194 Å². The Kier molecular flexibility index (Phi) is 6.26. The van der Waals surface area contributed by atoms with Gasteiger partial charge in [-0.25, -0.2) is 9.99 Å². The zero-order valence-electron chi connectivity index (χ0n) is 19.2. The summed E-state index contributed by atoms with van der Waals surface area (Å²) in [6, 6.07) is 2.02. The maximum Gasteiger partial charge on any atom is 0.255 e. The van der Waals surface area contributed by atoms with Crippen molar-refractivity contribution >= 4 is 23.3 Å². The Hall–Kier alpha value is -3.00. The number of allylic oxidation sites excluding steroid dienone is 2. The average molecular weight is 450 g/mol. The van der Waals surface area contributed by atoms with Gasteiger partial charge < -0.3 is 14.5 Å². The molecule has 1 saturated heterocycles. The highest BCUT2D eigenvalue weighted by atomic mass is 16.5. The molecule has 0 aromatic carbocycles. The number of anilines is 1. The first-order valence-corrected chi connectivity index (χ1v) is 12.1. The molecule has 0 bridgehead atoms. The second kappa shape index (κ2) is 9.47. The third-order valence-corrected chi connectivity index (χ3v) is 6.71. The number of likely N-dealkylation sites (tertiary alicyclic amines) is 1. The molecule has 33 heavy (non-hydrogen) atoms. The monoisotopic (exact) mass is 449 g/mol. The lowest BCUT2D eigenvalue weighted by atomic mass is 9.95. The van der Waals surface area contributed by atoms with Crippen LogP contribution in [-0.2, 0) is 16.0 Å². The number of nitrogens with zero attached hydrogens (tertiary/aromatic N) is 5. The van der Waals surface area contributed by atoms with Crippen LogP contribution < -0.4 is 4.90 Å². The number of aromatic nitrogens is 1. The van der Waals surface area contributed by atoms with Crippen molar-refractivity contribution in [1.29, 1.82) is 0 Å². The van der Waals surface area contributed by atoms with Crippen LogP contribution in [0, 0.1) is 5.92 Å². The second-order valence-electron chi connectivity index (χ2n) is 8.90. The molecule has 1 aromatic rings. The van der Waals surface area contributed by atoms with Crippen LogP contribution in [0.5, 0.6) is 0 Å². The largest absolute Gasteiger partial charge is 0.380 e. The first-order valence-electron chi connectivity index (χ1n) is 12.1. The van der Waals surface area contributed by atoms with Gasteiger partial charge in [0.25, 0.3) is 11.8 Å². The van der Waals surface area contributed by atoms with Gasteiger partial charge in [0.2, 0.25) is 0 Å². The number of hydrazone groups is 1. The SMILES string of the molecule is CCOCCN1N=C2C=C(N3CCCc4cc(C(=O)N5CCCCC5)cnc43)C=CC2C1=O. The molecule has 174 valence electrons. The Morgan fingerprint density at radius 3 is 2.85 bits per heavy atom. The van der Waals surface area contributed by atoms with Crippen molar-refractivity contribution in [3.8, 4) is 0 Å². The summed E-state index contributed by atoms with van der Waals surface area (Å²) in [5.74, 6) is 0.656. The van der Waals surface area contributed by atoms with E-state index in [9.17, 15) is 9.59 Å². The number of fused-ring (bicyclic) bond motifs is 2. The van der Waals surface area contributed by atoms with Crippen LogP contribution in [0.1, 0.15) is 48.5 Å². The molecule has 8 nitrogen and oxygen atoms in total. The van der Waals surface area contributed by atoms with Gasteiger partial charge in [0.1, 0.15) is 11.7 Å². The number of rotatable bonds is 6. The minimum atomic E-state index is -0.322. The Morgan fingerprint density at radius 1 is 1.18 bits per heavy atom. The molecule has 0 spiro atoms. The number of ether oxygens (including phenoxy) is 1. The summed E-state index contributed by atoms with van der Waals surface area (Å²) in [5.41, 5.74) is 3.52. The summed E-state index contributed by atoms with van der Waals surface area (Å²) < 4.78 is 5.38. The van der Waals surface area contributed by atoms with Gasteiger partial charge in [0.15, 0.2) is 0 Å². The summed E-state index contributed by atoms with van der Waals surface area (Å²) >= 11 is 0. The lowest BCUT2D eigenvalue weighted by Gasteiger charge is -2.32. The quantitative estimate of drug-likeness (QED) is 0.624. The fourth-order valence-corrected chi connectivity index (χ4v) is 4.97. The van der Waals surface area contributed by atoms with Crippen LogP contribution in [0.3, 0.4) is 0 Å². The van der Waals surface area contributed by atoms with Crippen molar-refractivity contribution in [2.45, 2.75) is 39.0 Å². The van der Waals surface area contributed by atoms with Gasteiger partial charge in [0.05, 0.1) is 24.4 Å². The second-order valence-corrected chi connectivity index (χ2v) is 8.90.